The van der Waals surface area contributed by atoms with Crippen molar-refractivity contribution in [2.24, 2.45) is 0 Å². The minimum atomic E-state index is -1.21. The van der Waals surface area contributed by atoms with E-state index in [-0.39, 0.29) is 18.4 Å². The van der Waals surface area contributed by atoms with Crippen LogP contribution in [0.15, 0.2) is 72.8 Å². The molecule has 3 aromatic carbocycles. The van der Waals surface area contributed by atoms with E-state index in [9.17, 15) is 23.5 Å². The summed E-state index contributed by atoms with van der Waals surface area (Å²) in [5.41, 5.74) is 1.84. The molecule has 2 N–H and O–H groups in total. The maximum absolute atomic E-state index is 13.3. The number of carboxylic acid groups (broad SMARTS) is 1. The monoisotopic (exact) mass is 425 g/mol. The van der Waals surface area contributed by atoms with Crippen LogP contribution in [0.4, 0.5) is 8.78 Å². The van der Waals surface area contributed by atoms with Crippen LogP contribution in [-0.2, 0) is 29.0 Å². The molecule has 0 aromatic heterocycles. The van der Waals surface area contributed by atoms with Crippen LogP contribution in [0.25, 0.3) is 0 Å². The zero-order valence-electron chi connectivity index (χ0n) is 16.6. The fourth-order valence-corrected chi connectivity index (χ4v) is 3.04. The number of carboxylic acids is 1. The van der Waals surface area contributed by atoms with Gasteiger partial charge in [0, 0.05) is 12.5 Å². The number of hydrogen-bond acceptors (Lipinski definition) is 3. The van der Waals surface area contributed by atoms with Crippen molar-refractivity contribution in [3.63, 3.8) is 0 Å². The van der Waals surface area contributed by atoms with E-state index in [2.05, 4.69) is 5.32 Å². The lowest BCUT2D eigenvalue weighted by Gasteiger charge is -2.15. The summed E-state index contributed by atoms with van der Waals surface area (Å²) in [6.45, 7) is 0.411. The van der Waals surface area contributed by atoms with Gasteiger partial charge in [-0.2, -0.15) is 0 Å². The predicted molar refractivity (Wildman–Crippen MR) is 111 cm³/mol. The molecular formula is C24H21F2NO4. The first-order valence-corrected chi connectivity index (χ1v) is 9.62. The molecule has 160 valence electrons. The smallest absolute Gasteiger partial charge is 0.326 e. The summed E-state index contributed by atoms with van der Waals surface area (Å²) in [5, 5.41) is 11.8. The average molecular weight is 425 g/mol. The van der Waals surface area contributed by atoms with Crippen LogP contribution in [0.3, 0.4) is 0 Å². The van der Waals surface area contributed by atoms with Gasteiger partial charge in [-0.3, -0.25) is 4.79 Å². The van der Waals surface area contributed by atoms with Crippen LogP contribution < -0.4 is 10.1 Å². The highest BCUT2D eigenvalue weighted by Gasteiger charge is 2.21. The Kier molecular flexibility index (Phi) is 7.32. The van der Waals surface area contributed by atoms with Crippen molar-refractivity contribution in [1.29, 1.82) is 0 Å². The molecule has 0 aliphatic rings. The molecule has 0 spiro atoms. The quantitative estimate of drug-likeness (QED) is 0.545. The van der Waals surface area contributed by atoms with E-state index in [4.69, 9.17) is 4.74 Å². The molecule has 0 aliphatic heterocycles. The predicted octanol–water partition coefficient (Wildman–Crippen LogP) is 3.90. The number of aliphatic carboxylic acids is 1. The SMILES string of the molecule is O=C(Cc1cc(F)cc(F)c1)N[C@@H](Cc1ccc(OCc2ccccc2)cc1)C(=O)O. The summed E-state index contributed by atoms with van der Waals surface area (Å²) in [6, 6.07) is 18.2. The second kappa shape index (κ2) is 10.3. The first-order chi connectivity index (χ1) is 14.9. The molecule has 3 rings (SSSR count). The van der Waals surface area contributed by atoms with E-state index in [0.29, 0.717) is 24.0 Å². The maximum Gasteiger partial charge on any atom is 0.326 e. The van der Waals surface area contributed by atoms with E-state index < -0.39 is 29.6 Å². The van der Waals surface area contributed by atoms with Gasteiger partial charge in [-0.15, -0.1) is 0 Å². The van der Waals surface area contributed by atoms with Gasteiger partial charge in [0.1, 0.15) is 30.0 Å². The van der Waals surface area contributed by atoms with Gasteiger partial charge in [-0.05, 0) is 41.0 Å². The summed E-state index contributed by atoms with van der Waals surface area (Å²) < 4.78 is 32.2. The lowest BCUT2D eigenvalue weighted by Crippen LogP contribution is -2.43. The molecule has 0 radical (unpaired) electrons. The highest BCUT2D eigenvalue weighted by molar-refractivity contribution is 5.85. The Morgan fingerprint density at radius 2 is 1.52 bits per heavy atom. The number of hydrogen-bond donors (Lipinski definition) is 2. The molecular weight excluding hydrogens is 404 g/mol. The molecule has 31 heavy (non-hydrogen) atoms. The van der Waals surface area contributed by atoms with Crippen LogP contribution in [-0.4, -0.2) is 23.0 Å². The van der Waals surface area contributed by atoms with Crippen molar-refractivity contribution >= 4 is 11.9 Å². The minimum absolute atomic E-state index is 0.0531. The highest BCUT2D eigenvalue weighted by Crippen LogP contribution is 2.16. The Morgan fingerprint density at radius 3 is 2.13 bits per heavy atom. The number of rotatable bonds is 9. The molecule has 5 nitrogen and oxygen atoms in total. The van der Waals surface area contributed by atoms with Crippen molar-refractivity contribution in [3.05, 3.63) is 101 Å². The third kappa shape index (κ3) is 6.92. The zero-order chi connectivity index (χ0) is 22.2. The van der Waals surface area contributed by atoms with Crippen molar-refractivity contribution in [1.82, 2.24) is 5.32 Å². The van der Waals surface area contributed by atoms with Crippen molar-refractivity contribution < 1.29 is 28.2 Å². The van der Waals surface area contributed by atoms with Gasteiger partial charge in [0.05, 0.1) is 6.42 Å². The topological polar surface area (TPSA) is 75.6 Å². The van der Waals surface area contributed by atoms with Gasteiger partial charge in [0.2, 0.25) is 5.91 Å². The summed E-state index contributed by atoms with van der Waals surface area (Å²) in [7, 11) is 0. The van der Waals surface area contributed by atoms with Gasteiger partial charge in [0.25, 0.3) is 0 Å². The van der Waals surface area contributed by atoms with Crippen molar-refractivity contribution in [2.75, 3.05) is 0 Å². The van der Waals surface area contributed by atoms with Crippen LogP contribution in [0.1, 0.15) is 16.7 Å². The molecule has 0 saturated carbocycles. The fourth-order valence-electron chi connectivity index (χ4n) is 3.04. The van der Waals surface area contributed by atoms with Gasteiger partial charge in [-0.1, -0.05) is 42.5 Å². The standard InChI is InChI=1S/C24H21F2NO4/c25-19-10-18(11-20(26)14-19)13-23(28)27-22(24(29)30)12-16-6-8-21(9-7-16)31-15-17-4-2-1-3-5-17/h1-11,14,22H,12-13,15H2,(H,27,28)(H,29,30)/t22-/m0/s1. The average Bonchev–Trinajstić information content (AvgIpc) is 2.72. The number of ether oxygens (including phenoxy) is 1. The maximum atomic E-state index is 13.3. The Balaban J connectivity index is 1.56. The number of carbonyl (C=O) groups is 2. The molecule has 1 atom stereocenters. The lowest BCUT2D eigenvalue weighted by atomic mass is 10.0. The van der Waals surface area contributed by atoms with Crippen LogP contribution in [0.2, 0.25) is 0 Å². The number of carbonyl (C=O) groups excluding carboxylic acids is 1. The van der Waals surface area contributed by atoms with Gasteiger partial charge < -0.3 is 15.2 Å². The number of amides is 1. The Hall–Kier alpha value is -3.74. The second-order valence-electron chi connectivity index (χ2n) is 7.04. The van der Waals surface area contributed by atoms with E-state index in [1.54, 1.807) is 24.3 Å². The van der Waals surface area contributed by atoms with E-state index in [1.165, 1.54) is 0 Å². The first-order valence-electron chi connectivity index (χ1n) is 9.62. The molecule has 0 heterocycles. The number of halogens is 2. The van der Waals surface area contributed by atoms with E-state index >= 15 is 0 Å². The lowest BCUT2D eigenvalue weighted by molar-refractivity contribution is -0.141. The van der Waals surface area contributed by atoms with Crippen LogP contribution >= 0.6 is 0 Å². The Bertz CT molecular complexity index is 1020. The van der Waals surface area contributed by atoms with Gasteiger partial charge >= 0.3 is 5.97 Å². The van der Waals surface area contributed by atoms with Crippen LogP contribution in [0.5, 0.6) is 5.75 Å². The second-order valence-corrected chi connectivity index (χ2v) is 7.04. The minimum Gasteiger partial charge on any atom is -0.489 e. The summed E-state index contributed by atoms with van der Waals surface area (Å²) >= 11 is 0. The zero-order valence-corrected chi connectivity index (χ0v) is 16.6. The third-order valence-corrected chi connectivity index (χ3v) is 4.53. The van der Waals surface area contributed by atoms with Gasteiger partial charge in [0.15, 0.2) is 0 Å². The molecule has 1 amide bonds. The molecule has 0 bridgehead atoms. The van der Waals surface area contributed by atoms with E-state index in [1.807, 2.05) is 30.3 Å². The third-order valence-electron chi connectivity index (χ3n) is 4.53. The molecule has 0 aliphatic carbocycles. The largest absolute Gasteiger partial charge is 0.489 e. The molecule has 3 aromatic rings. The number of nitrogens with one attached hydrogen (secondary N) is 1. The van der Waals surface area contributed by atoms with Crippen molar-refractivity contribution in [3.8, 4) is 5.75 Å². The molecule has 0 fully saturated rings. The van der Waals surface area contributed by atoms with Crippen LogP contribution in [0, 0.1) is 11.6 Å². The van der Waals surface area contributed by atoms with E-state index in [0.717, 1.165) is 17.7 Å². The summed E-state index contributed by atoms with van der Waals surface area (Å²) in [5.74, 6) is -2.81. The fraction of sp³-hybridized carbons (Fsp3) is 0.167. The normalized spacial score (nSPS) is 11.5. The Labute approximate surface area is 178 Å². The summed E-state index contributed by atoms with van der Waals surface area (Å²) in [4.78, 5) is 23.7. The Morgan fingerprint density at radius 1 is 0.871 bits per heavy atom. The molecule has 0 unspecified atom stereocenters. The molecule has 0 saturated heterocycles. The highest BCUT2D eigenvalue weighted by atomic mass is 19.1. The molecule has 7 heteroatoms. The first kappa shape index (κ1) is 22.0. The number of benzene rings is 3. The summed E-state index contributed by atoms with van der Waals surface area (Å²) in [6.07, 6.45) is -0.276. The van der Waals surface area contributed by atoms with Crippen molar-refractivity contribution in [2.45, 2.75) is 25.5 Å². The van der Waals surface area contributed by atoms with Gasteiger partial charge in [-0.25, -0.2) is 13.6 Å².